The Morgan fingerprint density at radius 1 is 0.895 bits per heavy atom. The number of ether oxygens (including phenoxy) is 1. The Balaban J connectivity index is 2.32. The number of hydrogen-bond acceptors (Lipinski definition) is 2. The van der Waals surface area contributed by atoms with Crippen LogP contribution in [0.2, 0.25) is 0 Å². The molecular formula is C14H11F3O2. The highest BCUT2D eigenvalue weighted by Crippen LogP contribution is 2.38. The summed E-state index contributed by atoms with van der Waals surface area (Å²) < 4.78 is 43.0. The normalized spacial score (nSPS) is 13.1. The number of benzene rings is 2. The third-order valence-corrected chi connectivity index (χ3v) is 2.49. The highest BCUT2D eigenvalue weighted by molar-refractivity contribution is 5.39. The van der Waals surface area contributed by atoms with Crippen LogP contribution in [0.3, 0.4) is 0 Å². The Labute approximate surface area is 108 Å². The quantitative estimate of drug-likeness (QED) is 0.909. The van der Waals surface area contributed by atoms with Crippen molar-refractivity contribution in [3.63, 3.8) is 0 Å². The van der Waals surface area contributed by atoms with Crippen LogP contribution in [0.1, 0.15) is 11.7 Å². The standard InChI is InChI=1S/C14H11F3O2/c15-14(16,17)13(18)11-8-4-5-9-12(11)19-10-6-2-1-3-7-10/h1-9,13,18H/t13-/m0/s1. The van der Waals surface area contributed by atoms with Crippen LogP contribution in [-0.4, -0.2) is 11.3 Å². The summed E-state index contributed by atoms with van der Waals surface area (Å²) in [4.78, 5) is 0. The van der Waals surface area contributed by atoms with Crippen molar-refractivity contribution in [2.75, 3.05) is 0 Å². The first kappa shape index (κ1) is 13.4. The molecule has 0 bridgehead atoms. The molecule has 1 N–H and O–H groups in total. The lowest BCUT2D eigenvalue weighted by atomic mass is 10.1. The predicted octanol–water partition coefficient (Wildman–Crippen LogP) is 4.07. The van der Waals surface area contributed by atoms with E-state index in [9.17, 15) is 18.3 Å². The molecule has 2 nitrogen and oxygen atoms in total. The van der Waals surface area contributed by atoms with Gasteiger partial charge < -0.3 is 9.84 Å². The Bertz CT molecular complexity index is 538. The van der Waals surface area contributed by atoms with E-state index in [2.05, 4.69) is 0 Å². The molecule has 0 aliphatic heterocycles. The van der Waals surface area contributed by atoms with Crippen molar-refractivity contribution in [1.29, 1.82) is 0 Å². The van der Waals surface area contributed by atoms with Crippen LogP contribution in [0, 0.1) is 0 Å². The predicted molar refractivity (Wildman–Crippen MR) is 64.0 cm³/mol. The van der Waals surface area contributed by atoms with Gasteiger partial charge in [0, 0.05) is 5.56 Å². The molecule has 0 aromatic heterocycles. The van der Waals surface area contributed by atoms with Gasteiger partial charge in [0.15, 0.2) is 6.10 Å². The lowest BCUT2D eigenvalue weighted by Gasteiger charge is -2.18. The monoisotopic (exact) mass is 268 g/mol. The second-order valence-electron chi connectivity index (χ2n) is 3.90. The molecule has 0 spiro atoms. The molecule has 100 valence electrons. The first-order valence-corrected chi connectivity index (χ1v) is 5.55. The second-order valence-corrected chi connectivity index (χ2v) is 3.90. The lowest BCUT2D eigenvalue weighted by Crippen LogP contribution is -2.20. The van der Waals surface area contributed by atoms with Crippen LogP contribution >= 0.6 is 0 Å². The second kappa shape index (κ2) is 5.32. The maximum absolute atomic E-state index is 12.5. The van der Waals surface area contributed by atoms with E-state index in [4.69, 9.17) is 4.74 Å². The topological polar surface area (TPSA) is 29.5 Å². The van der Waals surface area contributed by atoms with Gasteiger partial charge in [-0.15, -0.1) is 0 Å². The van der Waals surface area contributed by atoms with Gasteiger partial charge in [0.25, 0.3) is 0 Å². The van der Waals surface area contributed by atoms with Crippen LogP contribution < -0.4 is 4.74 Å². The van der Waals surface area contributed by atoms with E-state index in [0.717, 1.165) is 0 Å². The van der Waals surface area contributed by atoms with Gasteiger partial charge in [-0.05, 0) is 18.2 Å². The van der Waals surface area contributed by atoms with Crippen LogP contribution in [0.15, 0.2) is 54.6 Å². The van der Waals surface area contributed by atoms with Crippen molar-refractivity contribution in [3.8, 4) is 11.5 Å². The Morgan fingerprint density at radius 3 is 2.11 bits per heavy atom. The average molecular weight is 268 g/mol. The fraction of sp³-hybridized carbons (Fsp3) is 0.143. The molecule has 0 amide bonds. The fourth-order valence-electron chi connectivity index (χ4n) is 1.59. The van der Waals surface area contributed by atoms with Crippen molar-refractivity contribution in [1.82, 2.24) is 0 Å². The number of halogens is 3. The molecule has 2 rings (SSSR count). The molecule has 19 heavy (non-hydrogen) atoms. The third-order valence-electron chi connectivity index (χ3n) is 2.49. The van der Waals surface area contributed by atoms with Gasteiger partial charge in [-0.3, -0.25) is 0 Å². The minimum Gasteiger partial charge on any atom is -0.457 e. The molecule has 0 fully saturated rings. The maximum atomic E-state index is 12.5. The van der Waals surface area contributed by atoms with Crippen molar-refractivity contribution < 1.29 is 23.0 Å². The number of hydrogen-bond donors (Lipinski definition) is 1. The molecule has 5 heteroatoms. The van der Waals surface area contributed by atoms with Crippen LogP contribution in [0.4, 0.5) is 13.2 Å². The summed E-state index contributed by atoms with van der Waals surface area (Å²) in [7, 11) is 0. The van der Waals surface area contributed by atoms with Crippen LogP contribution in [0.25, 0.3) is 0 Å². The van der Waals surface area contributed by atoms with Crippen molar-refractivity contribution in [3.05, 3.63) is 60.2 Å². The summed E-state index contributed by atoms with van der Waals surface area (Å²) in [5, 5.41) is 9.31. The van der Waals surface area contributed by atoms with Crippen molar-refractivity contribution >= 4 is 0 Å². The lowest BCUT2D eigenvalue weighted by molar-refractivity contribution is -0.207. The van der Waals surface area contributed by atoms with Gasteiger partial charge in [0.05, 0.1) is 0 Å². The molecule has 0 radical (unpaired) electrons. The number of rotatable bonds is 3. The van der Waals surface area contributed by atoms with E-state index in [1.165, 1.54) is 18.2 Å². The zero-order valence-corrected chi connectivity index (χ0v) is 9.76. The van der Waals surface area contributed by atoms with Gasteiger partial charge in [-0.25, -0.2) is 0 Å². The molecule has 0 saturated heterocycles. The van der Waals surface area contributed by atoms with Crippen molar-refractivity contribution in [2.45, 2.75) is 12.3 Å². The number of alkyl halides is 3. The van der Waals surface area contributed by atoms with Gasteiger partial charge >= 0.3 is 6.18 Å². The van der Waals surface area contributed by atoms with E-state index in [1.54, 1.807) is 36.4 Å². The molecule has 0 saturated carbocycles. The summed E-state index contributed by atoms with van der Waals surface area (Å²) in [6.07, 6.45) is -7.29. The number of aliphatic hydroxyl groups excluding tert-OH is 1. The minimum atomic E-state index is -4.73. The fourth-order valence-corrected chi connectivity index (χ4v) is 1.59. The average Bonchev–Trinajstić information content (AvgIpc) is 2.39. The van der Waals surface area contributed by atoms with Crippen LogP contribution in [0.5, 0.6) is 11.5 Å². The summed E-state index contributed by atoms with van der Waals surface area (Å²) in [5.74, 6) is 0.392. The molecule has 0 heterocycles. The maximum Gasteiger partial charge on any atom is 0.418 e. The first-order valence-electron chi connectivity index (χ1n) is 5.55. The van der Waals surface area contributed by atoms with Crippen LogP contribution in [-0.2, 0) is 0 Å². The third kappa shape index (κ3) is 3.26. The largest absolute Gasteiger partial charge is 0.457 e. The number of aliphatic hydroxyl groups is 1. The van der Waals surface area contributed by atoms with Gasteiger partial charge in [-0.2, -0.15) is 13.2 Å². The van der Waals surface area contributed by atoms with Crippen molar-refractivity contribution in [2.24, 2.45) is 0 Å². The Kier molecular flexibility index (Phi) is 3.76. The van der Waals surface area contributed by atoms with Gasteiger partial charge in [0.2, 0.25) is 0 Å². The highest BCUT2D eigenvalue weighted by atomic mass is 19.4. The summed E-state index contributed by atoms with van der Waals surface area (Å²) in [6, 6.07) is 14.0. The van der Waals surface area contributed by atoms with E-state index >= 15 is 0 Å². The Hall–Kier alpha value is -2.01. The highest BCUT2D eigenvalue weighted by Gasteiger charge is 2.40. The molecule has 0 aliphatic carbocycles. The first-order chi connectivity index (χ1) is 8.98. The number of para-hydroxylation sites is 2. The molecule has 0 unspecified atom stereocenters. The SMILES string of the molecule is O[C@@H](c1ccccc1Oc1ccccc1)C(F)(F)F. The van der Waals surface area contributed by atoms with E-state index in [-0.39, 0.29) is 11.3 Å². The molecular weight excluding hydrogens is 257 g/mol. The van der Waals surface area contributed by atoms with E-state index in [1.807, 2.05) is 0 Å². The Morgan fingerprint density at radius 2 is 1.47 bits per heavy atom. The molecule has 2 aromatic rings. The summed E-state index contributed by atoms with van der Waals surface area (Å²) in [5.41, 5.74) is -0.307. The van der Waals surface area contributed by atoms with E-state index in [0.29, 0.717) is 5.75 Å². The zero-order valence-electron chi connectivity index (χ0n) is 9.76. The molecule has 2 aromatic carbocycles. The summed E-state index contributed by atoms with van der Waals surface area (Å²) >= 11 is 0. The van der Waals surface area contributed by atoms with Gasteiger partial charge in [0.1, 0.15) is 11.5 Å². The smallest absolute Gasteiger partial charge is 0.418 e. The summed E-state index contributed by atoms with van der Waals surface area (Å²) in [6.45, 7) is 0. The van der Waals surface area contributed by atoms with Gasteiger partial charge in [-0.1, -0.05) is 36.4 Å². The molecule has 0 aliphatic rings. The minimum absolute atomic E-state index is 0.0153. The van der Waals surface area contributed by atoms with E-state index < -0.39 is 12.3 Å². The molecule has 1 atom stereocenters. The zero-order chi connectivity index (χ0) is 13.9.